The van der Waals surface area contributed by atoms with E-state index in [1.807, 2.05) is 42.5 Å². The summed E-state index contributed by atoms with van der Waals surface area (Å²) in [5.74, 6) is 0.0740. The van der Waals surface area contributed by atoms with E-state index in [4.69, 9.17) is 0 Å². The van der Waals surface area contributed by atoms with E-state index in [0.717, 1.165) is 30.5 Å². The zero-order valence-corrected chi connectivity index (χ0v) is 16.1. The smallest absolute Gasteiger partial charge is 0.243 e. The van der Waals surface area contributed by atoms with Crippen molar-refractivity contribution in [1.29, 1.82) is 0 Å². The summed E-state index contributed by atoms with van der Waals surface area (Å²) < 4.78 is 0. The molecule has 0 radical (unpaired) electrons. The number of amides is 1. The van der Waals surface area contributed by atoms with E-state index in [1.54, 1.807) is 17.1 Å². The van der Waals surface area contributed by atoms with Crippen molar-refractivity contribution in [3.63, 3.8) is 0 Å². The first-order chi connectivity index (χ1) is 13.1. The Labute approximate surface area is 161 Å². The van der Waals surface area contributed by atoms with Crippen LogP contribution in [0.15, 0.2) is 54.6 Å². The SMILES string of the molecule is CCCCN(C)C[C@@H]1C(=O)N(Cc2ccccc2)N[C@@H]1c1ccccc1O. The van der Waals surface area contributed by atoms with Crippen LogP contribution in [-0.4, -0.2) is 41.1 Å². The second kappa shape index (κ2) is 9.02. The monoisotopic (exact) mass is 367 g/mol. The Morgan fingerprint density at radius 1 is 1.11 bits per heavy atom. The summed E-state index contributed by atoms with van der Waals surface area (Å²) in [6.07, 6.45) is 2.24. The molecule has 2 aromatic carbocycles. The maximum absolute atomic E-state index is 13.2. The molecule has 0 unspecified atom stereocenters. The number of nitrogens with zero attached hydrogens (tertiary/aromatic N) is 2. The van der Waals surface area contributed by atoms with Crippen LogP contribution in [0.2, 0.25) is 0 Å². The Kier molecular flexibility index (Phi) is 6.48. The van der Waals surface area contributed by atoms with Gasteiger partial charge in [-0.15, -0.1) is 0 Å². The topological polar surface area (TPSA) is 55.8 Å². The molecule has 1 aliphatic heterocycles. The number of benzene rings is 2. The Hall–Kier alpha value is -2.37. The highest BCUT2D eigenvalue weighted by Gasteiger charge is 2.42. The molecule has 1 aliphatic rings. The van der Waals surface area contributed by atoms with Gasteiger partial charge in [-0.05, 0) is 31.6 Å². The molecule has 27 heavy (non-hydrogen) atoms. The number of phenolic OH excluding ortho intramolecular Hbond substituents is 1. The summed E-state index contributed by atoms with van der Waals surface area (Å²) in [5.41, 5.74) is 5.21. The second-order valence-corrected chi connectivity index (χ2v) is 7.30. The van der Waals surface area contributed by atoms with Crippen LogP contribution >= 0.6 is 0 Å². The molecule has 1 fully saturated rings. The van der Waals surface area contributed by atoms with Crippen molar-refractivity contribution >= 4 is 5.91 Å². The van der Waals surface area contributed by atoms with Gasteiger partial charge in [0.1, 0.15) is 5.75 Å². The summed E-state index contributed by atoms with van der Waals surface area (Å²) in [7, 11) is 2.06. The Morgan fingerprint density at radius 3 is 2.52 bits per heavy atom. The first kappa shape index (κ1) is 19.4. The van der Waals surface area contributed by atoms with Crippen molar-refractivity contribution in [3.05, 3.63) is 65.7 Å². The number of nitrogens with one attached hydrogen (secondary N) is 1. The van der Waals surface area contributed by atoms with Gasteiger partial charge in [-0.1, -0.05) is 61.9 Å². The highest BCUT2D eigenvalue weighted by molar-refractivity contribution is 5.82. The first-order valence-electron chi connectivity index (χ1n) is 9.68. The van der Waals surface area contributed by atoms with E-state index < -0.39 is 0 Å². The number of para-hydroxylation sites is 1. The van der Waals surface area contributed by atoms with Gasteiger partial charge in [-0.2, -0.15) is 0 Å². The molecular formula is C22H29N3O2. The van der Waals surface area contributed by atoms with E-state index in [0.29, 0.717) is 13.1 Å². The molecule has 2 N–H and O–H groups in total. The quantitative estimate of drug-likeness (QED) is 0.751. The Bertz CT molecular complexity index is 750. The van der Waals surface area contributed by atoms with Crippen LogP contribution in [0.1, 0.15) is 36.9 Å². The molecule has 2 aromatic rings. The maximum atomic E-state index is 13.2. The van der Waals surface area contributed by atoms with E-state index >= 15 is 0 Å². The zero-order chi connectivity index (χ0) is 19.2. The molecule has 144 valence electrons. The van der Waals surface area contributed by atoms with Gasteiger partial charge in [0.05, 0.1) is 18.5 Å². The van der Waals surface area contributed by atoms with Gasteiger partial charge in [0.2, 0.25) is 5.91 Å². The lowest BCUT2D eigenvalue weighted by Crippen LogP contribution is -2.35. The molecule has 0 aliphatic carbocycles. The van der Waals surface area contributed by atoms with Crippen LogP contribution in [0, 0.1) is 5.92 Å². The van der Waals surface area contributed by atoms with Gasteiger partial charge in [0.15, 0.2) is 0 Å². The Balaban J connectivity index is 1.82. The lowest BCUT2D eigenvalue weighted by atomic mass is 9.93. The molecule has 1 amide bonds. The average molecular weight is 367 g/mol. The predicted molar refractivity (Wildman–Crippen MR) is 107 cm³/mol. The minimum Gasteiger partial charge on any atom is -0.508 e. The first-order valence-corrected chi connectivity index (χ1v) is 9.68. The van der Waals surface area contributed by atoms with Crippen LogP contribution in [-0.2, 0) is 11.3 Å². The molecule has 3 rings (SSSR count). The molecule has 1 heterocycles. The van der Waals surface area contributed by atoms with Crippen molar-refractivity contribution in [2.24, 2.45) is 5.92 Å². The van der Waals surface area contributed by atoms with Crippen molar-refractivity contribution in [3.8, 4) is 5.75 Å². The second-order valence-electron chi connectivity index (χ2n) is 7.30. The van der Waals surface area contributed by atoms with Gasteiger partial charge in [0, 0.05) is 12.1 Å². The lowest BCUT2D eigenvalue weighted by Gasteiger charge is -2.23. The van der Waals surface area contributed by atoms with E-state index in [-0.39, 0.29) is 23.6 Å². The largest absolute Gasteiger partial charge is 0.508 e. The third-order valence-corrected chi connectivity index (χ3v) is 5.14. The fourth-order valence-corrected chi connectivity index (χ4v) is 3.63. The van der Waals surface area contributed by atoms with E-state index in [9.17, 15) is 9.90 Å². The number of rotatable bonds is 8. The van der Waals surface area contributed by atoms with Crippen LogP contribution in [0.5, 0.6) is 5.75 Å². The molecule has 0 saturated carbocycles. The number of unbranched alkanes of at least 4 members (excludes halogenated alkanes) is 1. The molecule has 0 aromatic heterocycles. The molecule has 2 atom stereocenters. The van der Waals surface area contributed by atoms with Crippen LogP contribution < -0.4 is 5.43 Å². The summed E-state index contributed by atoms with van der Waals surface area (Å²) >= 11 is 0. The molecule has 5 nitrogen and oxygen atoms in total. The highest BCUT2D eigenvalue weighted by Crippen LogP contribution is 2.35. The standard InChI is InChI=1S/C22H29N3O2/c1-3-4-14-24(2)16-19-21(18-12-8-9-13-20(18)26)23-25(22(19)27)15-17-10-6-5-7-11-17/h5-13,19,21,23,26H,3-4,14-16H2,1-2H3/t19-,21+/m0/s1. The summed E-state index contributed by atoms with van der Waals surface area (Å²) in [5, 5.41) is 12.0. The third-order valence-electron chi connectivity index (χ3n) is 5.14. The van der Waals surface area contributed by atoms with Crippen molar-refractivity contribution in [1.82, 2.24) is 15.3 Å². The molecule has 5 heteroatoms. The maximum Gasteiger partial charge on any atom is 0.243 e. The fourth-order valence-electron chi connectivity index (χ4n) is 3.63. The number of carbonyl (C=O) groups excluding carboxylic acids is 1. The molecular weight excluding hydrogens is 338 g/mol. The minimum absolute atomic E-state index is 0.0791. The van der Waals surface area contributed by atoms with E-state index in [2.05, 4.69) is 24.3 Å². The predicted octanol–water partition coefficient (Wildman–Crippen LogP) is 3.33. The van der Waals surface area contributed by atoms with E-state index in [1.165, 1.54) is 0 Å². The van der Waals surface area contributed by atoms with Crippen molar-refractivity contribution in [2.75, 3.05) is 20.1 Å². The van der Waals surface area contributed by atoms with Crippen molar-refractivity contribution < 1.29 is 9.90 Å². The van der Waals surface area contributed by atoms with Crippen LogP contribution in [0.25, 0.3) is 0 Å². The molecule has 0 bridgehead atoms. The minimum atomic E-state index is -0.233. The summed E-state index contributed by atoms with van der Waals surface area (Å²) in [4.78, 5) is 15.4. The molecule has 1 saturated heterocycles. The number of hydrogen-bond donors (Lipinski definition) is 2. The third kappa shape index (κ3) is 4.67. The zero-order valence-electron chi connectivity index (χ0n) is 16.1. The Morgan fingerprint density at radius 2 is 1.81 bits per heavy atom. The number of aromatic hydroxyl groups is 1. The average Bonchev–Trinajstić information content (AvgIpc) is 2.97. The van der Waals surface area contributed by atoms with Gasteiger partial charge in [0.25, 0.3) is 0 Å². The van der Waals surface area contributed by atoms with Crippen molar-refractivity contribution in [2.45, 2.75) is 32.4 Å². The van der Waals surface area contributed by atoms with Gasteiger partial charge in [-0.25, -0.2) is 5.43 Å². The lowest BCUT2D eigenvalue weighted by molar-refractivity contribution is -0.133. The molecule has 0 spiro atoms. The van der Waals surface area contributed by atoms with Gasteiger partial charge in [-0.3, -0.25) is 9.80 Å². The van der Waals surface area contributed by atoms with Gasteiger partial charge >= 0.3 is 0 Å². The normalized spacial score (nSPS) is 19.8. The summed E-state index contributed by atoms with van der Waals surface area (Å²) in [6, 6.07) is 17.0. The highest BCUT2D eigenvalue weighted by atomic mass is 16.3. The summed E-state index contributed by atoms with van der Waals surface area (Å²) in [6.45, 7) is 4.31. The van der Waals surface area contributed by atoms with Gasteiger partial charge < -0.3 is 10.0 Å². The van der Waals surface area contributed by atoms with Crippen LogP contribution in [0.4, 0.5) is 0 Å². The number of hydrazine groups is 1. The van der Waals surface area contributed by atoms with Crippen LogP contribution in [0.3, 0.4) is 0 Å². The number of carbonyl (C=O) groups is 1. The number of hydrogen-bond acceptors (Lipinski definition) is 4. The fraction of sp³-hybridized carbons (Fsp3) is 0.409. The number of phenols is 1.